The molecule has 1 aromatic rings. The van der Waals surface area contributed by atoms with Gasteiger partial charge in [0.05, 0.1) is 18.8 Å². The molecule has 3 N–H and O–H groups in total. The van der Waals surface area contributed by atoms with Gasteiger partial charge in [0.2, 0.25) is 0 Å². The van der Waals surface area contributed by atoms with E-state index in [-0.39, 0.29) is 12.6 Å². The molecule has 0 aliphatic heterocycles. The molecule has 0 aliphatic carbocycles. The summed E-state index contributed by atoms with van der Waals surface area (Å²) in [5.41, 5.74) is 6.47. The van der Waals surface area contributed by atoms with Crippen LogP contribution >= 0.6 is 0 Å². The van der Waals surface area contributed by atoms with Gasteiger partial charge in [-0.25, -0.2) is 0 Å². The Hall–Kier alpha value is -1.13. The van der Waals surface area contributed by atoms with Crippen LogP contribution in [0.15, 0.2) is 18.3 Å². The van der Waals surface area contributed by atoms with Crippen molar-refractivity contribution in [2.45, 2.75) is 12.5 Å². The van der Waals surface area contributed by atoms with Crippen molar-refractivity contribution in [1.82, 2.24) is 4.98 Å². The van der Waals surface area contributed by atoms with Crippen molar-refractivity contribution >= 4 is 0 Å². The maximum atomic E-state index is 8.71. The molecule has 4 heteroatoms. The molecule has 1 unspecified atom stereocenters. The Bertz CT molecular complexity index is 266. The first kappa shape index (κ1) is 9.95. The van der Waals surface area contributed by atoms with Gasteiger partial charge in [0.15, 0.2) is 0 Å². The van der Waals surface area contributed by atoms with E-state index in [2.05, 4.69) is 4.98 Å². The summed E-state index contributed by atoms with van der Waals surface area (Å²) in [7, 11) is 1.58. The predicted octanol–water partition coefficient (Wildman–Crippen LogP) is 0.472. The van der Waals surface area contributed by atoms with Crippen molar-refractivity contribution in [3.05, 3.63) is 24.0 Å². The number of pyridine rings is 1. The van der Waals surface area contributed by atoms with Crippen LogP contribution in [0, 0.1) is 0 Å². The number of aromatic nitrogens is 1. The zero-order valence-corrected chi connectivity index (χ0v) is 7.60. The van der Waals surface area contributed by atoms with E-state index in [9.17, 15) is 0 Å². The number of nitrogens with two attached hydrogens (primary N) is 1. The standard InChI is InChI=1S/C9H14N2O2/c1-13-8-3-2-5-11-9(8)7(10)4-6-12/h2-3,5,7,12H,4,6,10H2,1H3. The molecule has 72 valence electrons. The highest BCUT2D eigenvalue weighted by Gasteiger charge is 2.11. The van der Waals surface area contributed by atoms with Crippen LogP contribution in [0.3, 0.4) is 0 Å². The molecule has 1 atom stereocenters. The molecule has 0 aromatic carbocycles. The number of nitrogens with zero attached hydrogens (tertiary/aromatic N) is 1. The van der Waals surface area contributed by atoms with E-state index in [0.29, 0.717) is 17.9 Å². The summed E-state index contributed by atoms with van der Waals surface area (Å²) in [6.45, 7) is 0.0564. The third-order valence-electron chi connectivity index (χ3n) is 1.81. The van der Waals surface area contributed by atoms with Crippen LogP contribution < -0.4 is 10.5 Å². The van der Waals surface area contributed by atoms with Gasteiger partial charge in [-0.05, 0) is 18.6 Å². The normalized spacial score (nSPS) is 12.5. The fourth-order valence-electron chi connectivity index (χ4n) is 1.13. The van der Waals surface area contributed by atoms with Gasteiger partial charge in [-0.15, -0.1) is 0 Å². The van der Waals surface area contributed by atoms with Crippen LogP contribution in [0.25, 0.3) is 0 Å². The largest absolute Gasteiger partial charge is 0.495 e. The number of rotatable bonds is 4. The highest BCUT2D eigenvalue weighted by molar-refractivity contribution is 5.29. The lowest BCUT2D eigenvalue weighted by Crippen LogP contribution is -2.14. The number of aliphatic hydroxyl groups is 1. The highest BCUT2D eigenvalue weighted by atomic mass is 16.5. The summed E-state index contributed by atoms with van der Waals surface area (Å²) in [6, 6.07) is 3.33. The molecule has 1 heterocycles. The molecule has 1 aromatic heterocycles. The number of ether oxygens (including phenoxy) is 1. The molecular weight excluding hydrogens is 168 g/mol. The Morgan fingerprint density at radius 3 is 3.08 bits per heavy atom. The van der Waals surface area contributed by atoms with Crippen LogP contribution in [0.2, 0.25) is 0 Å². The second kappa shape index (κ2) is 4.79. The third-order valence-corrected chi connectivity index (χ3v) is 1.81. The minimum Gasteiger partial charge on any atom is -0.495 e. The molecule has 1 rings (SSSR count). The van der Waals surface area contributed by atoms with Gasteiger partial charge in [-0.1, -0.05) is 0 Å². The van der Waals surface area contributed by atoms with E-state index >= 15 is 0 Å². The van der Waals surface area contributed by atoms with Gasteiger partial charge < -0.3 is 15.6 Å². The monoisotopic (exact) mass is 182 g/mol. The van der Waals surface area contributed by atoms with Crippen molar-refractivity contribution in [1.29, 1.82) is 0 Å². The Morgan fingerprint density at radius 1 is 1.69 bits per heavy atom. The third kappa shape index (κ3) is 2.40. The zero-order valence-electron chi connectivity index (χ0n) is 7.60. The van der Waals surface area contributed by atoms with Crippen molar-refractivity contribution in [2.75, 3.05) is 13.7 Å². The second-order valence-corrected chi connectivity index (χ2v) is 2.71. The molecule has 0 saturated carbocycles. The van der Waals surface area contributed by atoms with Gasteiger partial charge in [-0.3, -0.25) is 4.98 Å². The number of methoxy groups -OCH3 is 1. The van der Waals surface area contributed by atoms with E-state index in [0.717, 1.165) is 0 Å². The summed E-state index contributed by atoms with van der Waals surface area (Å²) < 4.78 is 5.09. The molecule has 0 bridgehead atoms. The Balaban J connectivity index is 2.85. The van der Waals surface area contributed by atoms with Gasteiger partial charge in [0.25, 0.3) is 0 Å². The number of hydrogen-bond donors (Lipinski definition) is 2. The summed E-state index contributed by atoms with van der Waals surface area (Å²) in [5.74, 6) is 0.670. The highest BCUT2D eigenvalue weighted by Crippen LogP contribution is 2.21. The van der Waals surface area contributed by atoms with Gasteiger partial charge >= 0.3 is 0 Å². The van der Waals surface area contributed by atoms with Crippen molar-refractivity contribution in [2.24, 2.45) is 5.73 Å². The minimum absolute atomic E-state index is 0.0564. The van der Waals surface area contributed by atoms with E-state index in [1.54, 1.807) is 25.4 Å². The second-order valence-electron chi connectivity index (χ2n) is 2.71. The topological polar surface area (TPSA) is 68.4 Å². The van der Waals surface area contributed by atoms with Crippen LogP contribution in [0.5, 0.6) is 5.75 Å². The van der Waals surface area contributed by atoms with Gasteiger partial charge in [-0.2, -0.15) is 0 Å². The fourth-order valence-corrected chi connectivity index (χ4v) is 1.13. The van der Waals surface area contributed by atoms with E-state index in [1.807, 2.05) is 0 Å². The first-order valence-electron chi connectivity index (χ1n) is 4.15. The number of aliphatic hydroxyl groups excluding tert-OH is 1. The van der Waals surface area contributed by atoms with E-state index in [4.69, 9.17) is 15.6 Å². The first-order valence-corrected chi connectivity index (χ1v) is 4.15. The summed E-state index contributed by atoms with van der Waals surface area (Å²) in [5, 5.41) is 8.71. The van der Waals surface area contributed by atoms with Gasteiger partial charge in [0.1, 0.15) is 5.75 Å². The van der Waals surface area contributed by atoms with Crippen LogP contribution in [0.1, 0.15) is 18.2 Å². The minimum atomic E-state index is -0.263. The predicted molar refractivity (Wildman–Crippen MR) is 49.4 cm³/mol. The van der Waals surface area contributed by atoms with Crippen LogP contribution in [-0.2, 0) is 0 Å². The first-order chi connectivity index (χ1) is 6.29. The number of hydrogen-bond acceptors (Lipinski definition) is 4. The molecule has 0 amide bonds. The van der Waals surface area contributed by atoms with Crippen molar-refractivity contribution < 1.29 is 9.84 Å². The molecule has 0 aliphatic rings. The van der Waals surface area contributed by atoms with Crippen molar-refractivity contribution in [3.63, 3.8) is 0 Å². The zero-order chi connectivity index (χ0) is 9.68. The average Bonchev–Trinajstić information content (AvgIpc) is 2.18. The van der Waals surface area contributed by atoms with Crippen LogP contribution in [-0.4, -0.2) is 23.8 Å². The average molecular weight is 182 g/mol. The van der Waals surface area contributed by atoms with E-state index in [1.165, 1.54) is 0 Å². The van der Waals surface area contributed by atoms with Crippen LogP contribution in [0.4, 0.5) is 0 Å². The van der Waals surface area contributed by atoms with Crippen molar-refractivity contribution in [3.8, 4) is 5.75 Å². The molecule has 0 radical (unpaired) electrons. The Labute approximate surface area is 77.4 Å². The lowest BCUT2D eigenvalue weighted by atomic mass is 10.1. The Kier molecular flexibility index (Phi) is 3.67. The smallest absolute Gasteiger partial charge is 0.141 e. The Morgan fingerprint density at radius 2 is 2.46 bits per heavy atom. The maximum absolute atomic E-state index is 8.71. The summed E-state index contributed by atoms with van der Waals surface area (Å²) in [6.07, 6.45) is 2.16. The van der Waals surface area contributed by atoms with Gasteiger partial charge in [0, 0.05) is 12.8 Å². The SMILES string of the molecule is COc1cccnc1C(N)CCO. The maximum Gasteiger partial charge on any atom is 0.141 e. The summed E-state index contributed by atoms with van der Waals surface area (Å²) in [4.78, 5) is 4.11. The van der Waals surface area contributed by atoms with E-state index < -0.39 is 0 Å². The molecule has 4 nitrogen and oxygen atoms in total. The molecule has 13 heavy (non-hydrogen) atoms. The fraction of sp³-hybridized carbons (Fsp3) is 0.444. The lowest BCUT2D eigenvalue weighted by Gasteiger charge is -2.12. The molecule has 0 fully saturated rings. The lowest BCUT2D eigenvalue weighted by molar-refractivity contribution is 0.274. The quantitative estimate of drug-likeness (QED) is 0.710. The molecule has 0 spiro atoms. The molecule has 0 saturated heterocycles. The molecular formula is C9H14N2O2. The summed E-state index contributed by atoms with van der Waals surface area (Å²) >= 11 is 0.